The fourth-order valence-corrected chi connectivity index (χ4v) is 5.52. The number of hydrogen-bond donors (Lipinski definition) is 1. The standard InChI is InChI=1S/C34H34Cl2N4O4/c1-21(23-9-7-6-8-10-23)37-32(41)30-27-20-39(33(42)44-34(2,3)4)19-24(17-22-11-14-26(43-5)15-12-22)31(27)40(38-30)29-16-13-25(35)18-28(29)36/h6-18,21H,19-20H2,1-5H3,(H,37,41). The number of hydrogen-bond acceptors (Lipinski definition) is 5. The van der Waals surface area contributed by atoms with Crippen LogP contribution in [0, 0.1) is 0 Å². The smallest absolute Gasteiger partial charge is 0.410 e. The van der Waals surface area contributed by atoms with Gasteiger partial charge in [0.15, 0.2) is 5.69 Å². The van der Waals surface area contributed by atoms with Gasteiger partial charge >= 0.3 is 6.09 Å². The first-order valence-corrected chi connectivity index (χ1v) is 14.9. The van der Waals surface area contributed by atoms with Crippen LogP contribution in [0.5, 0.6) is 5.75 Å². The third-order valence-corrected chi connectivity index (χ3v) is 7.64. The topological polar surface area (TPSA) is 85.7 Å². The Hall–Kier alpha value is -4.27. The largest absolute Gasteiger partial charge is 0.497 e. The van der Waals surface area contributed by atoms with Crippen LogP contribution in [0.25, 0.3) is 17.3 Å². The molecule has 1 aromatic heterocycles. The van der Waals surface area contributed by atoms with Crippen molar-refractivity contribution in [1.82, 2.24) is 20.0 Å². The average Bonchev–Trinajstić information content (AvgIpc) is 3.37. The quantitative estimate of drug-likeness (QED) is 0.233. The van der Waals surface area contributed by atoms with Crippen LogP contribution in [0.1, 0.15) is 66.6 Å². The minimum absolute atomic E-state index is 0.109. The van der Waals surface area contributed by atoms with Crippen molar-refractivity contribution in [3.05, 3.63) is 111 Å². The number of aromatic nitrogens is 2. The van der Waals surface area contributed by atoms with Crippen molar-refractivity contribution in [1.29, 1.82) is 0 Å². The van der Waals surface area contributed by atoms with Crippen LogP contribution in [0.2, 0.25) is 10.0 Å². The lowest BCUT2D eigenvalue weighted by Gasteiger charge is -2.32. The summed E-state index contributed by atoms with van der Waals surface area (Å²) in [5, 5.41) is 8.74. The Morgan fingerprint density at radius 3 is 2.34 bits per heavy atom. The molecule has 0 spiro atoms. The first kappa shape index (κ1) is 31.2. The highest BCUT2D eigenvalue weighted by atomic mass is 35.5. The molecule has 0 fully saturated rings. The molecule has 1 aliphatic heterocycles. The summed E-state index contributed by atoms with van der Waals surface area (Å²) in [7, 11) is 1.61. The van der Waals surface area contributed by atoms with Crippen LogP contribution in [0.15, 0.2) is 72.8 Å². The number of carbonyl (C=O) groups excluding carboxylic acids is 2. The Kier molecular flexibility index (Phi) is 9.04. The van der Waals surface area contributed by atoms with Gasteiger partial charge in [-0.05, 0) is 80.8 Å². The third kappa shape index (κ3) is 6.93. The van der Waals surface area contributed by atoms with E-state index in [0.29, 0.717) is 27.0 Å². The summed E-state index contributed by atoms with van der Waals surface area (Å²) in [5.74, 6) is 0.340. The van der Waals surface area contributed by atoms with Crippen LogP contribution in [0.4, 0.5) is 4.79 Å². The van der Waals surface area contributed by atoms with Crippen molar-refractivity contribution in [3.8, 4) is 11.4 Å². The molecular weight excluding hydrogens is 599 g/mol. The number of benzene rings is 3. The lowest BCUT2D eigenvalue weighted by molar-refractivity contribution is 0.0254. The van der Waals surface area contributed by atoms with Gasteiger partial charge in [0.25, 0.3) is 5.91 Å². The van der Waals surface area contributed by atoms with Gasteiger partial charge < -0.3 is 14.8 Å². The molecule has 0 aliphatic carbocycles. The van der Waals surface area contributed by atoms with E-state index in [9.17, 15) is 9.59 Å². The molecule has 0 saturated heterocycles. The number of nitrogens with zero attached hydrogens (tertiary/aromatic N) is 3. The fraction of sp³-hybridized carbons (Fsp3) is 0.265. The molecule has 2 heterocycles. The minimum atomic E-state index is -0.705. The zero-order valence-electron chi connectivity index (χ0n) is 25.2. The summed E-state index contributed by atoms with van der Waals surface area (Å²) in [4.78, 5) is 28.9. The lowest BCUT2D eigenvalue weighted by atomic mass is 9.97. The zero-order chi connectivity index (χ0) is 31.6. The van der Waals surface area contributed by atoms with Gasteiger partial charge in [-0.3, -0.25) is 9.69 Å². The van der Waals surface area contributed by atoms with Crippen LogP contribution in [-0.2, 0) is 11.3 Å². The Morgan fingerprint density at radius 2 is 1.70 bits per heavy atom. The molecule has 1 unspecified atom stereocenters. The van der Waals surface area contributed by atoms with Crippen molar-refractivity contribution in [3.63, 3.8) is 0 Å². The van der Waals surface area contributed by atoms with Crippen molar-refractivity contribution >= 4 is 46.9 Å². The molecule has 10 heteroatoms. The molecule has 5 rings (SSSR count). The number of carbonyl (C=O) groups is 2. The highest BCUT2D eigenvalue weighted by molar-refractivity contribution is 6.35. The molecule has 228 valence electrons. The maximum atomic E-state index is 13.9. The van der Waals surface area contributed by atoms with Gasteiger partial charge in [-0.15, -0.1) is 0 Å². The van der Waals surface area contributed by atoms with Crippen molar-refractivity contribution in [2.75, 3.05) is 13.7 Å². The predicted molar refractivity (Wildman–Crippen MR) is 173 cm³/mol. The van der Waals surface area contributed by atoms with Crippen LogP contribution in [-0.4, -0.2) is 45.9 Å². The van der Waals surface area contributed by atoms with Gasteiger partial charge in [-0.25, -0.2) is 9.48 Å². The number of halogens is 2. The fourth-order valence-electron chi connectivity index (χ4n) is 5.03. The number of ether oxygens (including phenoxy) is 2. The first-order chi connectivity index (χ1) is 20.9. The molecule has 44 heavy (non-hydrogen) atoms. The molecule has 8 nitrogen and oxygen atoms in total. The number of rotatable bonds is 6. The predicted octanol–water partition coefficient (Wildman–Crippen LogP) is 7.97. The number of fused-ring (bicyclic) bond motifs is 1. The molecule has 1 aliphatic rings. The highest BCUT2D eigenvalue weighted by Crippen LogP contribution is 2.36. The van der Waals surface area contributed by atoms with Crippen molar-refractivity contribution in [2.45, 2.75) is 45.9 Å². The summed E-state index contributed by atoms with van der Waals surface area (Å²) >= 11 is 12.9. The summed E-state index contributed by atoms with van der Waals surface area (Å²) in [6.07, 6.45) is 1.47. The Morgan fingerprint density at radius 1 is 1.00 bits per heavy atom. The summed E-state index contributed by atoms with van der Waals surface area (Å²) < 4.78 is 12.7. The van der Waals surface area contributed by atoms with E-state index in [1.54, 1.807) is 34.9 Å². The molecule has 1 atom stereocenters. The Labute approximate surface area is 267 Å². The van der Waals surface area contributed by atoms with Crippen LogP contribution in [0.3, 0.4) is 0 Å². The van der Waals surface area contributed by atoms with E-state index in [1.807, 2.05) is 88.4 Å². The average molecular weight is 634 g/mol. The SMILES string of the molecule is COc1ccc(C=C2CN(C(=O)OC(C)(C)C)Cc3c(C(=O)NC(C)c4ccccc4)nn(-c4ccc(Cl)cc4Cl)c32)cc1. The van der Waals surface area contributed by atoms with E-state index >= 15 is 0 Å². The van der Waals surface area contributed by atoms with Gasteiger partial charge in [0.2, 0.25) is 0 Å². The second-order valence-electron chi connectivity index (χ2n) is 11.6. The summed E-state index contributed by atoms with van der Waals surface area (Å²) in [5.41, 5.74) is 3.84. The normalized spacial score (nSPS) is 14.6. The maximum Gasteiger partial charge on any atom is 0.410 e. The number of amides is 2. The second kappa shape index (κ2) is 12.8. The highest BCUT2D eigenvalue weighted by Gasteiger charge is 2.35. The van der Waals surface area contributed by atoms with Gasteiger partial charge in [0.05, 0.1) is 42.6 Å². The van der Waals surface area contributed by atoms with Crippen molar-refractivity contribution in [2.24, 2.45) is 0 Å². The molecule has 3 aromatic carbocycles. The third-order valence-electron chi connectivity index (χ3n) is 7.11. The molecular formula is C34H34Cl2N4O4. The molecule has 4 aromatic rings. The molecule has 0 saturated carbocycles. The zero-order valence-corrected chi connectivity index (χ0v) is 26.7. The lowest BCUT2D eigenvalue weighted by Crippen LogP contribution is -2.40. The Balaban J connectivity index is 1.67. The monoisotopic (exact) mass is 632 g/mol. The van der Waals surface area contributed by atoms with Gasteiger partial charge in [-0.2, -0.15) is 5.10 Å². The van der Waals surface area contributed by atoms with Crippen LogP contribution >= 0.6 is 23.2 Å². The molecule has 0 radical (unpaired) electrons. The molecule has 2 amide bonds. The summed E-state index contributed by atoms with van der Waals surface area (Å²) in [6.45, 7) is 7.69. The number of nitrogens with one attached hydrogen (secondary N) is 1. The number of methoxy groups -OCH3 is 1. The maximum absolute atomic E-state index is 13.9. The Bertz CT molecular complexity index is 1710. The van der Waals surface area contributed by atoms with E-state index in [-0.39, 0.29) is 30.7 Å². The van der Waals surface area contributed by atoms with Gasteiger partial charge in [0.1, 0.15) is 11.4 Å². The van der Waals surface area contributed by atoms with E-state index in [0.717, 1.165) is 22.4 Å². The van der Waals surface area contributed by atoms with E-state index in [4.69, 9.17) is 37.8 Å². The van der Waals surface area contributed by atoms with Gasteiger partial charge in [0, 0.05) is 10.6 Å². The van der Waals surface area contributed by atoms with E-state index in [1.165, 1.54) is 0 Å². The molecule has 0 bridgehead atoms. The van der Waals surface area contributed by atoms with E-state index < -0.39 is 11.7 Å². The van der Waals surface area contributed by atoms with Gasteiger partial charge in [-0.1, -0.05) is 65.7 Å². The molecule has 1 N–H and O–H groups in total. The van der Waals surface area contributed by atoms with E-state index in [2.05, 4.69) is 5.32 Å². The summed E-state index contributed by atoms with van der Waals surface area (Å²) in [6, 6.07) is 22.1. The second-order valence-corrected chi connectivity index (χ2v) is 12.4. The first-order valence-electron chi connectivity index (χ1n) is 14.2. The van der Waals surface area contributed by atoms with Crippen molar-refractivity contribution < 1.29 is 19.1 Å². The van der Waals surface area contributed by atoms with Crippen LogP contribution < -0.4 is 10.1 Å². The minimum Gasteiger partial charge on any atom is -0.497 e.